The summed E-state index contributed by atoms with van der Waals surface area (Å²) in [6.45, 7) is 7.02. The summed E-state index contributed by atoms with van der Waals surface area (Å²) < 4.78 is 0. The molecule has 0 bridgehead atoms. The Labute approximate surface area is 98.4 Å². The van der Waals surface area contributed by atoms with Gasteiger partial charge in [0.05, 0.1) is 0 Å². The Hall–Kier alpha value is -1.18. The molecule has 0 radical (unpaired) electrons. The third-order valence-corrected chi connectivity index (χ3v) is 4.20. The van der Waals surface area contributed by atoms with Crippen molar-refractivity contribution in [3.63, 3.8) is 0 Å². The number of hydrogen-bond donors (Lipinski definition) is 1. The van der Waals surface area contributed by atoms with Gasteiger partial charge in [-0.1, -0.05) is 13.8 Å². The first-order chi connectivity index (χ1) is 7.69. The second-order valence-corrected chi connectivity index (χ2v) is 4.97. The van der Waals surface area contributed by atoms with Crippen molar-refractivity contribution in [1.82, 2.24) is 0 Å². The smallest absolute Gasteiger partial charge is 0.0367 e. The molecule has 1 fully saturated rings. The molecule has 1 aromatic carbocycles. The maximum absolute atomic E-state index is 5.71. The van der Waals surface area contributed by atoms with Gasteiger partial charge in [-0.05, 0) is 48.9 Å². The van der Waals surface area contributed by atoms with Crippen LogP contribution in [0.1, 0.15) is 33.1 Å². The Bertz CT molecular complexity index is 338. The SMILES string of the molecule is CCC1(CC)CCN(c2ccc(N)cc2)C1. The van der Waals surface area contributed by atoms with Gasteiger partial charge in [-0.15, -0.1) is 0 Å². The van der Waals surface area contributed by atoms with Gasteiger partial charge >= 0.3 is 0 Å². The van der Waals surface area contributed by atoms with Gasteiger partial charge < -0.3 is 10.6 Å². The molecule has 0 aromatic heterocycles. The third-order valence-electron chi connectivity index (χ3n) is 4.20. The van der Waals surface area contributed by atoms with Crippen molar-refractivity contribution < 1.29 is 0 Å². The van der Waals surface area contributed by atoms with E-state index in [2.05, 4.69) is 30.9 Å². The van der Waals surface area contributed by atoms with Crippen LogP contribution in [0.25, 0.3) is 0 Å². The average molecular weight is 218 g/mol. The van der Waals surface area contributed by atoms with Gasteiger partial charge in [0.25, 0.3) is 0 Å². The molecule has 2 rings (SSSR count). The Balaban J connectivity index is 2.11. The molecule has 0 atom stereocenters. The summed E-state index contributed by atoms with van der Waals surface area (Å²) in [4.78, 5) is 2.49. The first-order valence-electron chi connectivity index (χ1n) is 6.29. The monoisotopic (exact) mass is 218 g/mol. The summed E-state index contributed by atoms with van der Waals surface area (Å²) >= 11 is 0. The van der Waals surface area contributed by atoms with Gasteiger partial charge in [0.2, 0.25) is 0 Å². The van der Waals surface area contributed by atoms with E-state index in [-0.39, 0.29) is 0 Å². The van der Waals surface area contributed by atoms with E-state index in [4.69, 9.17) is 5.73 Å². The van der Waals surface area contributed by atoms with Crippen molar-refractivity contribution in [2.24, 2.45) is 5.41 Å². The van der Waals surface area contributed by atoms with Crippen LogP contribution in [0, 0.1) is 5.41 Å². The zero-order chi connectivity index (χ0) is 11.6. The van der Waals surface area contributed by atoms with Crippen LogP contribution in [0.4, 0.5) is 11.4 Å². The molecule has 2 N–H and O–H groups in total. The van der Waals surface area contributed by atoms with E-state index in [9.17, 15) is 0 Å². The second kappa shape index (κ2) is 4.36. The van der Waals surface area contributed by atoms with Gasteiger partial charge in [-0.2, -0.15) is 0 Å². The minimum Gasteiger partial charge on any atom is -0.399 e. The van der Waals surface area contributed by atoms with E-state index in [1.165, 1.54) is 38.0 Å². The maximum Gasteiger partial charge on any atom is 0.0367 e. The number of nitrogen functional groups attached to an aromatic ring is 1. The lowest BCUT2D eigenvalue weighted by molar-refractivity contribution is 0.301. The number of nitrogens with zero attached hydrogens (tertiary/aromatic N) is 1. The quantitative estimate of drug-likeness (QED) is 0.789. The van der Waals surface area contributed by atoms with E-state index in [1.807, 2.05) is 12.1 Å². The molecule has 1 saturated heterocycles. The van der Waals surface area contributed by atoms with Crippen molar-refractivity contribution in [2.75, 3.05) is 23.7 Å². The number of nitrogens with two attached hydrogens (primary N) is 1. The zero-order valence-electron chi connectivity index (χ0n) is 10.4. The van der Waals surface area contributed by atoms with E-state index in [1.54, 1.807) is 0 Å². The van der Waals surface area contributed by atoms with Gasteiger partial charge in [0, 0.05) is 24.5 Å². The first-order valence-corrected chi connectivity index (χ1v) is 6.29. The fourth-order valence-corrected chi connectivity index (χ4v) is 2.67. The largest absolute Gasteiger partial charge is 0.399 e. The minimum absolute atomic E-state index is 0.543. The van der Waals surface area contributed by atoms with Crippen LogP contribution in [0.2, 0.25) is 0 Å². The van der Waals surface area contributed by atoms with E-state index >= 15 is 0 Å². The molecule has 1 aliphatic heterocycles. The predicted molar refractivity (Wildman–Crippen MR) is 70.7 cm³/mol. The summed E-state index contributed by atoms with van der Waals surface area (Å²) in [6, 6.07) is 8.26. The fraction of sp³-hybridized carbons (Fsp3) is 0.571. The molecule has 0 saturated carbocycles. The van der Waals surface area contributed by atoms with Crippen LogP contribution >= 0.6 is 0 Å². The molecule has 88 valence electrons. The van der Waals surface area contributed by atoms with Gasteiger partial charge in [-0.3, -0.25) is 0 Å². The summed E-state index contributed by atoms with van der Waals surface area (Å²) in [5.41, 5.74) is 8.42. The Kier molecular flexibility index (Phi) is 3.08. The van der Waals surface area contributed by atoms with E-state index in [0.29, 0.717) is 5.41 Å². The molecule has 2 heteroatoms. The van der Waals surface area contributed by atoms with Crippen molar-refractivity contribution >= 4 is 11.4 Å². The van der Waals surface area contributed by atoms with Gasteiger partial charge in [0.15, 0.2) is 0 Å². The fourth-order valence-electron chi connectivity index (χ4n) is 2.67. The molecule has 2 nitrogen and oxygen atoms in total. The van der Waals surface area contributed by atoms with Crippen molar-refractivity contribution in [1.29, 1.82) is 0 Å². The lowest BCUT2D eigenvalue weighted by Gasteiger charge is -2.27. The zero-order valence-corrected chi connectivity index (χ0v) is 10.4. The van der Waals surface area contributed by atoms with Gasteiger partial charge in [-0.25, -0.2) is 0 Å². The van der Waals surface area contributed by atoms with E-state index < -0.39 is 0 Å². The second-order valence-electron chi connectivity index (χ2n) is 4.97. The standard InChI is InChI=1S/C14H22N2/c1-3-14(4-2)9-10-16(11-14)13-7-5-12(15)6-8-13/h5-8H,3-4,9-11,15H2,1-2H3. The Morgan fingerprint density at radius 3 is 2.31 bits per heavy atom. The summed E-state index contributed by atoms with van der Waals surface area (Å²) in [7, 11) is 0. The van der Waals surface area contributed by atoms with E-state index in [0.717, 1.165) is 5.69 Å². The highest BCUT2D eigenvalue weighted by Gasteiger charge is 2.34. The molecular formula is C14H22N2. The lowest BCUT2D eigenvalue weighted by atomic mass is 9.82. The molecule has 0 amide bonds. The average Bonchev–Trinajstić information content (AvgIpc) is 2.75. The molecule has 0 spiro atoms. The maximum atomic E-state index is 5.71. The van der Waals surface area contributed by atoms with Crippen molar-refractivity contribution in [2.45, 2.75) is 33.1 Å². The van der Waals surface area contributed by atoms with Crippen LogP contribution in [0.15, 0.2) is 24.3 Å². The molecular weight excluding hydrogens is 196 g/mol. The number of hydrogen-bond acceptors (Lipinski definition) is 2. The van der Waals surface area contributed by atoms with Crippen LogP contribution in [0.3, 0.4) is 0 Å². The number of benzene rings is 1. The highest BCUT2D eigenvalue weighted by Crippen LogP contribution is 2.38. The van der Waals surface area contributed by atoms with Gasteiger partial charge in [0.1, 0.15) is 0 Å². The number of rotatable bonds is 3. The van der Waals surface area contributed by atoms with Crippen molar-refractivity contribution in [3.8, 4) is 0 Å². The summed E-state index contributed by atoms with van der Waals surface area (Å²) in [5, 5.41) is 0. The molecule has 0 aliphatic carbocycles. The van der Waals surface area contributed by atoms with Crippen LogP contribution in [-0.4, -0.2) is 13.1 Å². The lowest BCUT2D eigenvalue weighted by Crippen LogP contribution is -2.26. The molecule has 1 heterocycles. The summed E-state index contributed by atoms with van der Waals surface area (Å²) in [5.74, 6) is 0. The third kappa shape index (κ3) is 2.01. The predicted octanol–water partition coefficient (Wildman–Crippen LogP) is 3.29. The highest BCUT2D eigenvalue weighted by atomic mass is 15.2. The Morgan fingerprint density at radius 2 is 1.81 bits per heavy atom. The molecule has 0 unspecified atom stereocenters. The topological polar surface area (TPSA) is 29.3 Å². The van der Waals surface area contributed by atoms with Crippen molar-refractivity contribution in [3.05, 3.63) is 24.3 Å². The van der Waals surface area contributed by atoms with Crippen LogP contribution in [0.5, 0.6) is 0 Å². The molecule has 1 aliphatic rings. The minimum atomic E-state index is 0.543. The normalized spacial score (nSPS) is 19.0. The molecule has 16 heavy (non-hydrogen) atoms. The molecule has 1 aromatic rings. The number of anilines is 2. The summed E-state index contributed by atoms with van der Waals surface area (Å²) in [6.07, 6.45) is 3.90. The highest BCUT2D eigenvalue weighted by molar-refractivity contribution is 5.53. The first kappa shape index (κ1) is 11.3. The Morgan fingerprint density at radius 1 is 1.19 bits per heavy atom. The van der Waals surface area contributed by atoms with Crippen LogP contribution < -0.4 is 10.6 Å². The van der Waals surface area contributed by atoms with Crippen LogP contribution in [-0.2, 0) is 0 Å².